The first kappa shape index (κ1) is 12.4. The lowest BCUT2D eigenvalue weighted by atomic mass is 9.62. The fraction of sp³-hybridized carbons (Fsp3) is 1.00. The molecule has 2 saturated carbocycles. The van der Waals surface area contributed by atoms with Crippen LogP contribution in [0, 0.1) is 10.8 Å². The van der Waals surface area contributed by atoms with Crippen molar-refractivity contribution in [1.82, 2.24) is 0 Å². The van der Waals surface area contributed by atoms with Gasteiger partial charge in [0.15, 0.2) is 0 Å². The van der Waals surface area contributed by atoms with Crippen LogP contribution in [0.3, 0.4) is 0 Å². The molecule has 0 aromatic carbocycles. The summed E-state index contributed by atoms with van der Waals surface area (Å²) in [6, 6.07) is 0. The van der Waals surface area contributed by atoms with Crippen LogP contribution in [-0.2, 0) is 0 Å². The van der Waals surface area contributed by atoms with E-state index in [1.807, 2.05) is 0 Å². The van der Waals surface area contributed by atoms with Crippen molar-refractivity contribution in [3.05, 3.63) is 0 Å². The van der Waals surface area contributed by atoms with Crippen molar-refractivity contribution in [2.24, 2.45) is 16.6 Å². The molecule has 0 bridgehead atoms. The van der Waals surface area contributed by atoms with E-state index in [2.05, 4.69) is 13.8 Å². The first-order chi connectivity index (χ1) is 7.43. The summed E-state index contributed by atoms with van der Waals surface area (Å²) in [7, 11) is 0. The van der Waals surface area contributed by atoms with Gasteiger partial charge in [0.25, 0.3) is 0 Å². The molecular formula is C14H27NO. The molecule has 0 spiro atoms. The van der Waals surface area contributed by atoms with Crippen LogP contribution in [0.15, 0.2) is 0 Å². The summed E-state index contributed by atoms with van der Waals surface area (Å²) >= 11 is 0. The Bertz CT molecular complexity index is 255. The second-order valence-electron chi connectivity index (χ2n) is 6.92. The number of hydrogen-bond acceptors (Lipinski definition) is 2. The molecule has 16 heavy (non-hydrogen) atoms. The number of aliphatic hydroxyl groups is 1. The van der Waals surface area contributed by atoms with Gasteiger partial charge >= 0.3 is 0 Å². The maximum atomic E-state index is 11.0. The van der Waals surface area contributed by atoms with Crippen LogP contribution in [0.25, 0.3) is 0 Å². The monoisotopic (exact) mass is 225 g/mol. The molecule has 2 rings (SSSR count). The molecule has 2 aliphatic carbocycles. The fourth-order valence-electron chi connectivity index (χ4n) is 4.05. The Kier molecular flexibility index (Phi) is 3.09. The average molecular weight is 225 g/mol. The molecule has 2 nitrogen and oxygen atoms in total. The van der Waals surface area contributed by atoms with E-state index in [4.69, 9.17) is 5.73 Å². The standard InChI is InChI=1S/C14H27NO/c1-12(2)8-9-14(16,10-12)13(11-15)6-4-3-5-7-13/h16H,3-11,15H2,1-2H3. The van der Waals surface area contributed by atoms with Gasteiger partial charge in [-0.05, 0) is 37.5 Å². The van der Waals surface area contributed by atoms with Gasteiger partial charge in [0.1, 0.15) is 0 Å². The van der Waals surface area contributed by atoms with Crippen molar-refractivity contribution in [3.8, 4) is 0 Å². The smallest absolute Gasteiger partial charge is 0.0721 e. The predicted octanol–water partition coefficient (Wildman–Crippen LogP) is 2.84. The lowest BCUT2D eigenvalue weighted by Gasteiger charge is -2.48. The van der Waals surface area contributed by atoms with E-state index < -0.39 is 5.60 Å². The Morgan fingerprint density at radius 2 is 1.62 bits per heavy atom. The van der Waals surface area contributed by atoms with E-state index in [1.54, 1.807) is 0 Å². The fourth-order valence-corrected chi connectivity index (χ4v) is 4.05. The third kappa shape index (κ3) is 1.91. The third-order valence-corrected chi connectivity index (χ3v) is 5.17. The average Bonchev–Trinajstić information content (AvgIpc) is 2.55. The minimum atomic E-state index is -0.480. The molecule has 2 fully saturated rings. The first-order valence-corrected chi connectivity index (χ1v) is 6.86. The summed E-state index contributed by atoms with van der Waals surface area (Å²) < 4.78 is 0. The molecule has 2 aliphatic rings. The highest BCUT2D eigenvalue weighted by Crippen LogP contribution is 2.56. The molecule has 0 saturated heterocycles. The summed E-state index contributed by atoms with van der Waals surface area (Å²) in [6.07, 6.45) is 9.13. The third-order valence-electron chi connectivity index (χ3n) is 5.17. The zero-order valence-corrected chi connectivity index (χ0v) is 10.9. The Morgan fingerprint density at radius 3 is 2.06 bits per heavy atom. The highest BCUT2D eigenvalue weighted by molar-refractivity contribution is 5.07. The van der Waals surface area contributed by atoms with Crippen molar-refractivity contribution in [1.29, 1.82) is 0 Å². The predicted molar refractivity (Wildman–Crippen MR) is 67.2 cm³/mol. The number of hydrogen-bond donors (Lipinski definition) is 2. The maximum Gasteiger partial charge on any atom is 0.0721 e. The van der Waals surface area contributed by atoms with Gasteiger partial charge in [0, 0.05) is 12.0 Å². The van der Waals surface area contributed by atoms with E-state index >= 15 is 0 Å². The molecule has 0 aliphatic heterocycles. The quantitative estimate of drug-likeness (QED) is 0.759. The van der Waals surface area contributed by atoms with Crippen molar-refractivity contribution < 1.29 is 5.11 Å². The second-order valence-corrected chi connectivity index (χ2v) is 6.92. The van der Waals surface area contributed by atoms with Gasteiger partial charge in [-0.1, -0.05) is 33.1 Å². The van der Waals surface area contributed by atoms with Crippen LogP contribution in [0.4, 0.5) is 0 Å². The molecule has 1 unspecified atom stereocenters. The molecule has 0 amide bonds. The zero-order valence-electron chi connectivity index (χ0n) is 10.9. The van der Waals surface area contributed by atoms with Crippen molar-refractivity contribution in [2.45, 2.75) is 70.8 Å². The Balaban J connectivity index is 2.20. The SMILES string of the molecule is CC1(C)CCC(O)(C2(CN)CCCCC2)C1. The second kappa shape index (κ2) is 3.99. The molecule has 0 aromatic heterocycles. The molecule has 0 aromatic rings. The highest BCUT2D eigenvalue weighted by Gasteiger charge is 2.54. The van der Waals surface area contributed by atoms with E-state index in [0.717, 1.165) is 32.1 Å². The van der Waals surface area contributed by atoms with Gasteiger partial charge in [-0.3, -0.25) is 0 Å². The normalized spacial score (nSPS) is 37.5. The minimum absolute atomic E-state index is 0.0268. The van der Waals surface area contributed by atoms with E-state index in [9.17, 15) is 5.11 Å². The van der Waals surface area contributed by atoms with E-state index in [-0.39, 0.29) is 5.41 Å². The minimum Gasteiger partial charge on any atom is -0.389 e. The summed E-state index contributed by atoms with van der Waals surface area (Å²) in [5.41, 5.74) is 5.88. The van der Waals surface area contributed by atoms with Crippen LogP contribution in [-0.4, -0.2) is 17.3 Å². The van der Waals surface area contributed by atoms with Gasteiger partial charge in [-0.25, -0.2) is 0 Å². The lowest BCUT2D eigenvalue weighted by Crippen LogP contribution is -2.52. The van der Waals surface area contributed by atoms with Crippen LogP contribution >= 0.6 is 0 Å². The van der Waals surface area contributed by atoms with Gasteiger partial charge in [0.2, 0.25) is 0 Å². The lowest BCUT2D eigenvalue weighted by molar-refractivity contribution is -0.0996. The Hall–Kier alpha value is -0.0800. The van der Waals surface area contributed by atoms with Crippen LogP contribution in [0.1, 0.15) is 65.2 Å². The molecule has 94 valence electrons. The molecule has 0 radical (unpaired) electrons. The summed E-state index contributed by atoms with van der Waals surface area (Å²) in [5, 5.41) is 11.0. The Morgan fingerprint density at radius 1 is 1.00 bits per heavy atom. The summed E-state index contributed by atoms with van der Waals surface area (Å²) in [5.74, 6) is 0. The van der Waals surface area contributed by atoms with Gasteiger partial charge in [0.05, 0.1) is 5.60 Å². The molecular weight excluding hydrogens is 198 g/mol. The first-order valence-electron chi connectivity index (χ1n) is 6.86. The van der Waals surface area contributed by atoms with E-state index in [1.165, 1.54) is 19.3 Å². The number of nitrogens with two attached hydrogens (primary N) is 1. The molecule has 3 N–H and O–H groups in total. The van der Waals surface area contributed by atoms with Crippen molar-refractivity contribution in [3.63, 3.8) is 0 Å². The largest absolute Gasteiger partial charge is 0.389 e. The van der Waals surface area contributed by atoms with Crippen LogP contribution < -0.4 is 5.73 Å². The topological polar surface area (TPSA) is 46.2 Å². The van der Waals surface area contributed by atoms with Crippen LogP contribution in [0.5, 0.6) is 0 Å². The number of rotatable bonds is 2. The van der Waals surface area contributed by atoms with Gasteiger partial charge in [-0.2, -0.15) is 0 Å². The molecule has 0 heterocycles. The van der Waals surface area contributed by atoms with Gasteiger partial charge < -0.3 is 10.8 Å². The van der Waals surface area contributed by atoms with Gasteiger partial charge in [-0.15, -0.1) is 0 Å². The van der Waals surface area contributed by atoms with Crippen molar-refractivity contribution in [2.75, 3.05) is 6.54 Å². The maximum absolute atomic E-state index is 11.0. The van der Waals surface area contributed by atoms with Crippen molar-refractivity contribution >= 4 is 0 Å². The molecule has 1 atom stereocenters. The Labute approximate surface area is 99.6 Å². The zero-order chi connectivity index (χ0) is 11.9. The van der Waals surface area contributed by atoms with Crippen LogP contribution in [0.2, 0.25) is 0 Å². The molecule has 2 heteroatoms. The van der Waals surface area contributed by atoms with E-state index in [0.29, 0.717) is 12.0 Å². The summed E-state index contributed by atoms with van der Waals surface area (Å²) in [6.45, 7) is 5.22. The highest BCUT2D eigenvalue weighted by atomic mass is 16.3. The summed E-state index contributed by atoms with van der Waals surface area (Å²) in [4.78, 5) is 0.